The minimum Gasteiger partial charge on any atom is -0.311 e. The van der Waals surface area contributed by atoms with Gasteiger partial charge in [0, 0.05) is 32.4 Å². The summed E-state index contributed by atoms with van der Waals surface area (Å²) >= 11 is 0. The standard InChI is InChI=1S/C15H27N5/c1-13(2)10-16-11-15-12-20(18-17-15)9-8-19-6-4-14(3)5-7-19/h4,12-13,16H,5-11H2,1-3H3. The van der Waals surface area contributed by atoms with Crippen LogP contribution in [0.1, 0.15) is 32.9 Å². The molecule has 2 rings (SSSR count). The number of nitrogens with zero attached hydrogens (tertiary/aromatic N) is 4. The van der Waals surface area contributed by atoms with Crippen LogP contribution in [0.5, 0.6) is 0 Å². The van der Waals surface area contributed by atoms with Gasteiger partial charge in [-0.25, -0.2) is 0 Å². The molecule has 1 aliphatic heterocycles. The summed E-state index contributed by atoms with van der Waals surface area (Å²) in [6.07, 6.45) is 5.58. The van der Waals surface area contributed by atoms with E-state index < -0.39 is 0 Å². The lowest BCUT2D eigenvalue weighted by Gasteiger charge is -2.24. The molecule has 1 N–H and O–H groups in total. The molecule has 0 saturated carbocycles. The highest BCUT2D eigenvalue weighted by molar-refractivity contribution is 5.03. The van der Waals surface area contributed by atoms with Crippen molar-refractivity contribution in [1.29, 1.82) is 0 Å². The second kappa shape index (κ2) is 7.55. The Labute approximate surface area is 122 Å². The molecule has 0 saturated heterocycles. The molecule has 0 spiro atoms. The van der Waals surface area contributed by atoms with Crippen LogP contribution in [0, 0.1) is 5.92 Å². The first-order valence-corrected chi connectivity index (χ1v) is 7.61. The van der Waals surface area contributed by atoms with Gasteiger partial charge in [0.1, 0.15) is 0 Å². The van der Waals surface area contributed by atoms with Gasteiger partial charge in [-0.15, -0.1) is 5.10 Å². The molecule has 0 aliphatic carbocycles. The van der Waals surface area contributed by atoms with Crippen molar-refractivity contribution in [3.05, 3.63) is 23.5 Å². The second-order valence-electron chi connectivity index (χ2n) is 6.10. The molecule has 0 unspecified atom stereocenters. The van der Waals surface area contributed by atoms with E-state index in [0.717, 1.165) is 38.4 Å². The highest BCUT2D eigenvalue weighted by Gasteiger charge is 2.09. The first-order chi connectivity index (χ1) is 9.63. The van der Waals surface area contributed by atoms with Crippen LogP contribution in [0.15, 0.2) is 17.8 Å². The van der Waals surface area contributed by atoms with Gasteiger partial charge in [0.2, 0.25) is 0 Å². The third-order valence-corrected chi connectivity index (χ3v) is 3.61. The molecule has 0 aromatic carbocycles. The van der Waals surface area contributed by atoms with Crippen LogP contribution in [0.25, 0.3) is 0 Å². The lowest BCUT2D eigenvalue weighted by atomic mass is 10.1. The fourth-order valence-electron chi connectivity index (χ4n) is 2.28. The highest BCUT2D eigenvalue weighted by atomic mass is 15.4. The van der Waals surface area contributed by atoms with Gasteiger partial charge >= 0.3 is 0 Å². The van der Waals surface area contributed by atoms with Crippen molar-refractivity contribution in [1.82, 2.24) is 25.2 Å². The zero-order valence-electron chi connectivity index (χ0n) is 13.0. The van der Waals surface area contributed by atoms with E-state index in [0.29, 0.717) is 5.92 Å². The quantitative estimate of drug-likeness (QED) is 0.770. The molecule has 1 aromatic rings. The average molecular weight is 277 g/mol. The van der Waals surface area contributed by atoms with Crippen molar-refractivity contribution in [3.63, 3.8) is 0 Å². The van der Waals surface area contributed by atoms with Gasteiger partial charge in [-0.3, -0.25) is 9.58 Å². The predicted molar refractivity (Wildman–Crippen MR) is 81.4 cm³/mol. The summed E-state index contributed by atoms with van der Waals surface area (Å²) < 4.78 is 1.96. The van der Waals surface area contributed by atoms with Crippen molar-refractivity contribution < 1.29 is 0 Å². The van der Waals surface area contributed by atoms with Gasteiger partial charge in [-0.1, -0.05) is 30.7 Å². The summed E-state index contributed by atoms with van der Waals surface area (Å²) in [7, 11) is 0. The molecular weight excluding hydrogens is 250 g/mol. The monoisotopic (exact) mass is 277 g/mol. The fourth-order valence-corrected chi connectivity index (χ4v) is 2.28. The molecule has 112 valence electrons. The molecule has 2 heterocycles. The van der Waals surface area contributed by atoms with E-state index in [-0.39, 0.29) is 0 Å². The van der Waals surface area contributed by atoms with Crippen LogP contribution in [-0.4, -0.2) is 46.1 Å². The van der Waals surface area contributed by atoms with Gasteiger partial charge in [0.05, 0.1) is 12.2 Å². The molecular formula is C15H27N5. The van der Waals surface area contributed by atoms with E-state index >= 15 is 0 Å². The Morgan fingerprint density at radius 2 is 2.20 bits per heavy atom. The Hall–Kier alpha value is -1.20. The van der Waals surface area contributed by atoms with Crippen LogP contribution in [0.2, 0.25) is 0 Å². The van der Waals surface area contributed by atoms with Crippen molar-refractivity contribution in [2.75, 3.05) is 26.2 Å². The third kappa shape index (κ3) is 5.06. The van der Waals surface area contributed by atoms with Crippen LogP contribution in [-0.2, 0) is 13.1 Å². The molecule has 1 aromatic heterocycles. The Kier molecular flexibility index (Phi) is 5.73. The van der Waals surface area contributed by atoms with E-state index in [9.17, 15) is 0 Å². The summed E-state index contributed by atoms with van der Waals surface area (Å²) in [6.45, 7) is 12.7. The molecule has 0 atom stereocenters. The molecule has 5 nitrogen and oxygen atoms in total. The SMILES string of the molecule is CC1=CCN(CCn2cc(CNCC(C)C)nn2)CC1. The minimum atomic E-state index is 0.667. The normalized spacial score (nSPS) is 16.7. The molecule has 0 fully saturated rings. The summed E-state index contributed by atoms with van der Waals surface area (Å²) in [5, 5.41) is 11.8. The van der Waals surface area contributed by atoms with Crippen LogP contribution < -0.4 is 5.32 Å². The van der Waals surface area contributed by atoms with E-state index in [2.05, 4.69) is 53.6 Å². The van der Waals surface area contributed by atoms with Crippen LogP contribution in [0.4, 0.5) is 0 Å². The smallest absolute Gasteiger partial charge is 0.0964 e. The first-order valence-electron chi connectivity index (χ1n) is 7.61. The van der Waals surface area contributed by atoms with E-state index in [1.807, 2.05) is 4.68 Å². The highest BCUT2D eigenvalue weighted by Crippen LogP contribution is 2.09. The third-order valence-electron chi connectivity index (χ3n) is 3.61. The van der Waals surface area contributed by atoms with E-state index in [4.69, 9.17) is 0 Å². The maximum Gasteiger partial charge on any atom is 0.0964 e. The van der Waals surface area contributed by atoms with Crippen molar-refractivity contribution in [2.24, 2.45) is 5.92 Å². The van der Waals surface area contributed by atoms with Gasteiger partial charge in [-0.2, -0.15) is 0 Å². The largest absolute Gasteiger partial charge is 0.311 e. The van der Waals surface area contributed by atoms with Crippen LogP contribution in [0.3, 0.4) is 0 Å². The fraction of sp³-hybridized carbons (Fsp3) is 0.733. The molecule has 1 aliphatic rings. The first kappa shape index (κ1) is 15.2. The number of nitrogens with one attached hydrogen (secondary N) is 1. The van der Waals surface area contributed by atoms with Crippen molar-refractivity contribution in [3.8, 4) is 0 Å². The minimum absolute atomic E-state index is 0.667. The zero-order chi connectivity index (χ0) is 14.4. The Morgan fingerprint density at radius 3 is 2.90 bits per heavy atom. The molecule has 5 heteroatoms. The van der Waals surface area contributed by atoms with Gasteiger partial charge in [-0.05, 0) is 25.8 Å². The maximum absolute atomic E-state index is 4.21. The lowest BCUT2D eigenvalue weighted by Crippen LogP contribution is -2.31. The maximum atomic E-state index is 4.21. The zero-order valence-corrected chi connectivity index (χ0v) is 13.0. The van der Waals surface area contributed by atoms with Crippen LogP contribution >= 0.6 is 0 Å². The van der Waals surface area contributed by atoms with Gasteiger partial charge in [0.15, 0.2) is 0 Å². The Morgan fingerprint density at radius 1 is 1.35 bits per heavy atom. The number of aromatic nitrogens is 3. The molecule has 20 heavy (non-hydrogen) atoms. The Balaban J connectivity index is 1.70. The van der Waals surface area contributed by atoms with E-state index in [1.165, 1.54) is 18.5 Å². The second-order valence-corrected chi connectivity index (χ2v) is 6.10. The average Bonchev–Trinajstić information content (AvgIpc) is 2.86. The summed E-state index contributed by atoms with van der Waals surface area (Å²) in [4.78, 5) is 2.46. The van der Waals surface area contributed by atoms with Crippen molar-refractivity contribution in [2.45, 2.75) is 40.3 Å². The summed E-state index contributed by atoms with van der Waals surface area (Å²) in [6, 6.07) is 0. The van der Waals surface area contributed by atoms with E-state index in [1.54, 1.807) is 0 Å². The summed E-state index contributed by atoms with van der Waals surface area (Å²) in [5.74, 6) is 0.667. The number of hydrogen-bond acceptors (Lipinski definition) is 4. The van der Waals surface area contributed by atoms with Gasteiger partial charge in [0.25, 0.3) is 0 Å². The lowest BCUT2D eigenvalue weighted by molar-refractivity contribution is 0.276. The Bertz CT molecular complexity index is 435. The number of hydrogen-bond donors (Lipinski definition) is 1. The van der Waals surface area contributed by atoms with Crippen molar-refractivity contribution >= 4 is 0 Å². The molecule has 0 radical (unpaired) electrons. The predicted octanol–water partition coefficient (Wildman–Crippen LogP) is 1.68. The molecule has 0 amide bonds. The number of rotatable bonds is 7. The molecule has 0 bridgehead atoms. The summed E-state index contributed by atoms with van der Waals surface area (Å²) in [5.41, 5.74) is 2.54. The topological polar surface area (TPSA) is 46.0 Å². The van der Waals surface area contributed by atoms with Gasteiger partial charge < -0.3 is 5.32 Å².